The van der Waals surface area contributed by atoms with Gasteiger partial charge in [-0.1, -0.05) is 36.2 Å². The molecule has 0 unspecified atom stereocenters. The summed E-state index contributed by atoms with van der Waals surface area (Å²) >= 11 is 0. The minimum absolute atomic E-state index is 0.0631. The SMILES string of the molecule is Cc1cccc(CS(=O)(=O)CCCCCC(=O)O)c1. The summed E-state index contributed by atoms with van der Waals surface area (Å²) in [6.07, 6.45) is 1.81. The topological polar surface area (TPSA) is 71.4 Å². The molecule has 0 saturated heterocycles. The average Bonchev–Trinajstić information content (AvgIpc) is 2.27. The van der Waals surface area contributed by atoms with Crippen molar-refractivity contribution in [3.63, 3.8) is 0 Å². The summed E-state index contributed by atoms with van der Waals surface area (Å²) in [7, 11) is -3.10. The fourth-order valence-corrected chi connectivity index (χ4v) is 3.38. The second-order valence-corrected chi connectivity index (χ2v) is 6.97. The van der Waals surface area contributed by atoms with Gasteiger partial charge in [0, 0.05) is 6.42 Å². The standard InChI is InChI=1S/C14H20O4S/c1-12-6-5-7-13(10-12)11-19(17,18)9-4-2-3-8-14(15)16/h5-7,10H,2-4,8-9,11H2,1H3,(H,15,16). The van der Waals surface area contributed by atoms with Crippen LogP contribution in [0.4, 0.5) is 0 Å². The Morgan fingerprint density at radius 1 is 1.21 bits per heavy atom. The minimum atomic E-state index is -3.10. The van der Waals surface area contributed by atoms with Crippen molar-refractivity contribution in [3.05, 3.63) is 35.4 Å². The average molecular weight is 284 g/mol. The Hall–Kier alpha value is -1.36. The van der Waals surface area contributed by atoms with Crippen LogP contribution >= 0.6 is 0 Å². The van der Waals surface area contributed by atoms with Crippen molar-refractivity contribution in [1.29, 1.82) is 0 Å². The first-order valence-corrected chi connectivity index (χ1v) is 8.19. The Bertz CT molecular complexity index is 520. The molecule has 0 aliphatic rings. The first-order valence-electron chi connectivity index (χ1n) is 6.37. The van der Waals surface area contributed by atoms with Crippen molar-refractivity contribution in [3.8, 4) is 0 Å². The molecular weight excluding hydrogens is 264 g/mol. The monoisotopic (exact) mass is 284 g/mol. The lowest BCUT2D eigenvalue weighted by Crippen LogP contribution is -2.09. The van der Waals surface area contributed by atoms with Crippen LogP contribution in [0.2, 0.25) is 0 Å². The maximum atomic E-state index is 11.9. The minimum Gasteiger partial charge on any atom is -0.481 e. The van der Waals surface area contributed by atoms with Crippen molar-refractivity contribution in [2.24, 2.45) is 0 Å². The fourth-order valence-electron chi connectivity index (χ4n) is 1.90. The van der Waals surface area contributed by atoms with Crippen LogP contribution in [-0.4, -0.2) is 25.2 Å². The molecule has 0 bridgehead atoms. The van der Waals surface area contributed by atoms with Crippen molar-refractivity contribution in [2.45, 2.75) is 38.4 Å². The molecule has 0 radical (unpaired) electrons. The summed E-state index contributed by atoms with van der Waals surface area (Å²) in [5, 5.41) is 8.48. The van der Waals surface area contributed by atoms with E-state index in [1.165, 1.54) is 0 Å². The summed E-state index contributed by atoms with van der Waals surface area (Å²) in [5.41, 5.74) is 1.86. The van der Waals surface area contributed by atoms with E-state index < -0.39 is 15.8 Å². The van der Waals surface area contributed by atoms with Gasteiger partial charge in [0.2, 0.25) is 0 Å². The zero-order valence-electron chi connectivity index (χ0n) is 11.1. The summed E-state index contributed by atoms with van der Waals surface area (Å²) in [6, 6.07) is 7.48. The third-order valence-corrected chi connectivity index (χ3v) is 4.50. The van der Waals surface area contributed by atoms with E-state index in [2.05, 4.69) is 0 Å². The van der Waals surface area contributed by atoms with Gasteiger partial charge in [-0.15, -0.1) is 0 Å². The van der Waals surface area contributed by atoms with E-state index in [0.717, 1.165) is 11.1 Å². The molecule has 1 aromatic rings. The van der Waals surface area contributed by atoms with Crippen molar-refractivity contribution < 1.29 is 18.3 Å². The molecule has 106 valence electrons. The Morgan fingerprint density at radius 3 is 2.58 bits per heavy atom. The maximum absolute atomic E-state index is 11.9. The van der Waals surface area contributed by atoms with Crippen molar-refractivity contribution in [1.82, 2.24) is 0 Å². The van der Waals surface area contributed by atoms with E-state index in [4.69, 9.17) is 5.11 Å². The number of aliphatic carboxylic acids is 1. The maximum Gasteiger partial charge on any atom is 0.303 e. The van der Waals surface area contributed by atoms with Gasteiger partial charge in [0.05, 0.1) is 11.5 Å². The number of hydrogen-bond donors (Lipinski definition) is 1. The van der Waals surface area contributed by atoms with Crippen LogP contribution in [0.3, 0.4) is 0 Å². The van der Waals surface area contributed by atoms with E-state index in [1.807, 2.05) is 31.2 Å². The quantitative estimate of drug-likeness (QED) is 0.745. The second-order valence-electron chi connectivity index (χ2n) is 4.79. The van der Waals surface area contributed by atoms with E-state index in [9.17, 15) is 13.2 Å². The van der Waals surface area contributed by atoms with Gasteiger partial charge in [0.25, 0.3) is 0 Å². The number of hydrogen-bond acceptors (Lipinski definition) is 3. The molecule has 1 N–H and O–H groups in total. The van der Waals surface area contributed by atoms with Gasteiger partial charge in [-0.2, -0.15) is 0 Å². The molecular formula is C14H20O4S. The Kier molecular flexibility index (Phi) is 6.02. The lowest BCUT2D eigenvalue weighted by molar-refractivity contribution is -0.137. The molecule has 19 heavy (non-hydrogen) atoms. The highest BCUT2D eigenvalue weighted by molar-refractivity contribution is 7.90. The van der Waals surface area contributed by atoms with Crippen LogP contribution in [-0.2, 0) is 20.4 Å². The molecule has 0 atom stereocenters. The number of aryl methyl sites for hydroxylation is 1. The summed E-state index contributed by atoms with van der Waals surface area (Å²) < 4.78 is 23.8. The third-order valence-electron chi connectivity index (χ3n) is 2.82. The normalized spacial score (nSPS) is 11.4. The highest BCUT2D eigenvalue weighted by Gasteiger charge is 2.11. The summed E-state index contributed by atoms with van der Waals surface area (Å²) in [5.74, 6) is -0.642. The number of rotatable bonds is 8. The Labute approximate surface area is 114 Å². The molecule has 0 heterocycles. The second kappa shape index (κ2) is 7.28. The van der Waals surface area contributed by atoms with Crippen molar-refractivity contribution in [2.75, 3.05) is 5.75 Å². The number of carboxylic acids is 1. The third kappa shape index (κ3) is 6.96. The molecule has 0 spiro atoms. The molecule has 1 rings (SSSR count). The van der Waals surface area contributed by atoms with Crippen LogP contribution in [0.15, 0.2) is 24.3 Å². The Morgan fingerprint density at radius 2 is 1.95 bits per heavy atom. The lowest BCUT2D eigenvalue weighted by atomic mass is 10.2. The molecule has 0 fully saturated rings. The number of carboxylic acid groups (broad SMARTS) is 1. The van der Waals surface area contributed by atoms with Crippen LogP contribution in [0.5, 0.6) is 0 Å². The zero-order valence-corrected chi connectivity index (χ0v) is 11.9. The zero-order chi connectivity index (χ0) is 14.3. The molecule has 0 aliphatic carbocycles. The molecule has 0 aliphatic heterocycles. The lowest BCUT2D eigenvalue weighted by Gasteiger charge is -2.05. The first-order chi connectivity index (χ1) is 8.89. The van der Waals surface area contributed by atoms with Gasteiger partial charge in [-0.3, -0.25) is 4.79 Å². The van der Waals surface area contributed by atoms with E-state index >= 15 is 0 Å². The number of carbonyl (C=O) groups is 1. The fraction of sp³-hybridized carbons (Fsp3) is 0.500. The number of sulfone groups is 1. The van der Waals surface area contributed by atoms with Gasteiger partial charge in [-0.25, -0.2) is 8.42 Å². The summed E-state index contributed by atoms with van der Waals surface area (Å²) in [4.78, 5) is 10.3. The Balaban J connectivity index is 2.38. The molecule has 5 heteroatoms. The molecule has 0 amide bonds. The van der Waals surface area contributed by atoms with E-state index in [-0.39, 0.29) is 17.9 Å². The highest BCUT2D eigenvalue weighted by Crippen LogP contribution is 2.11. The smallest absolute Gasteiger partial charge is 0.303 e. The molecule has 0 saturated carbocycles. The van der Waals surface area contributed by atoms with Gasteiger partial charge in [-0.05, 0) is 25.3 Å². The summed E-state index contributed by atoms with van der Waals surface area (Å²) in [6.45, 7) is 1.93. The van der Waals surface area contributed by atoms with Crippen LogP contribution < -0.4 is 0 Å². The highest BCUT2D eigenvalue weighted by atomic mass is 32.2. The van der Waals surface area contributed by atoms with E-state index in [1.54, 1.807) is 0 Å². The molecule has 0 aromatic heterocycles. The molecule has 4 nitrogen and oxygen atoms in total. The largest absolute Gasteiger partial charge is 0.481 e. The van der Waals surface area contributed by atoms with Gasteiger partial charge in [0.15, 0.2) is 9.84 Å². The van der Waals surface area contributed by atoms with E-state index in [0.29, 0.717) is 19.3 Å². The molecule has 1 aromatic carbocycles. The first kappa shape index (κ1) is 15.7. The van der Waals surface area contributed by atoms with Gasteiger partial charge in [0.1, 0.15) is 0 Å². The number of unbranched alkanes of at least 4 members (excludes halogenated alkanes) is 2. The predicted molar refractivity (Wildman–Crippen MR) is 74.8 cm³/mol. The number of benzene rings is 1. The van der Waals surface area contributed by atoms with Crippen LogP contribution in [0.25, 0.3) is 0 Å². The van der Waals surface area contributed by atoms with Crippen molar-refractivity contribution >= 4 is 15.8 Å². The van der Waals surface area contributed by atoms with Crippen LogP contribution in [0, 0.1) is 6.92 Å². The van der Waals surface area contributed by atoms with Gasteiger partial charge >= 0.3 is 5.97 Å². The van der Waals surface area contributed by atoms with Crippen LogP contribution in [0.1, 0.15) is 36.8 Å². The van der Waals surface area contributed by atoms with Gasteiger partial charge < -0.3 is 5.11 Å². The predicted octanol–water partition coefficient (Wildman–Crippen LogP) is 2.55.